The van der Waals surface area contributed by atoms with Crippen molar-refractivity contribution in [2.75, 3.05) is 13.2 Å². The van der Waals surface area contributed by atoms with Gasteiger partial charge in [-0.15, -0.1) is 0 Å². The molecule has 4 nitrogen and oxygen atoms in total. The first-order valence-corrected chi connectivity index (χ1v) is 11.9. The number of hydrogen-bond donors (Lipinski definition) is 2. The van der Waals surface area contributed by atoms with Crippen molar-refractivity contribution in [3.8, 4) is 0 Å². The van der Waals surface area contributed by atoms with Crippen LogP contribution in [0, 0.1) is 11.6 Å². The Morgan fingerprint density at radius 1 is 0.967 bits per heavy atom. The lowest BCUT2D eigenvalue weighted by Crippen LogP contribution is -2.17. The zero-order chi connectivity index (χ0) is 21.8. The molecule has 2 aromatic carbocycles. The summed E-state index contributed by atoms with van der Waals surface area (Å²) in [6.07, 6.45) is 6.30. The molecule has 1 atom stereocenters. The Bertz CT molecular complexity index is 806. The molecule has 2 N–H and O–H groups in total. The van der Waals surface area contributed by atoms with Crippen LogP contribution in [0.2, 0.25) is 5.02 Å². The molecular formula is C22H29ClF2NO3P. The maximum Gasteiger partial charge on any atom is 0.316 e. The van der Waals surface area contributed by atoms with Crippen LogP contribution >= 0.6 is 19.9 Å². The fourth-order valence-electron chi connectivity index (χ4n) is 3.19. The highest BCUT2D eigenvalue weighted by molar-refractivity contribution is 7.32. The van der Waals surface area contributed by atoms with E-state index in [9.17, 15) is 13.3 Å². The average molecular weight is 460 g/mol. The van der Waals surface area contributed by atoms with Crippen LogP contribution in [-0.2, 0) is 28.5 Å². The Balaban J connectivity index is 1.65. The molecule has 2 aromatic rings. The van der Waals surface area contributed by atoms with Crippen LogP contribution in [0.1, 0.15) is 48.8 Å². The van der Waals surface area contributed by atoms with Gasteiger partial charge in [-0.1, -0.05) is 36.6 Å². The van der Waals surface area contributed by atoms with Crippen molar-refractivity contribution in [2.24, 2.45) is 0 Å². The molecule has 0 heterocycles. The zero-order valence-corrected chi connectivity index (χ0v) is 18.7. The number of benzene rings is 2. The van der Waals surface area contributed by atoms with Gasteiger partial charge in [0.1, 0.15) is 11.6 Å². The van der Waals surface area contributed by atoms with Crippen LogP contribution in [0.4, 0.5) is 8.78 Å². The number of unbranched alkanes of at least 4 members (excludes halogenated alkanes) is 3. The topological polar surface area (TPSA) is 58.6 Å². The summed E-state index contributed by atoms with van der Waals surface area (Å²) in [5, 5.41) is 3.65. The first-order valence-electron chi connectivity index (χ1n) is 10.2. The second-order valence-corrected chi connectivity index (χ2v) is 8.45. The number of hydrogen-bond acceptors (Lipinski definition) is 3. The van der Waals surface area contributed by atoms with E-state index in [0.717, 1.165) is 49.7 Å². The van der Waals surface area contributed by atoms with E-state index in [4.69, 9.17) is 16.5 Å². The van der Waals surface area contributed by atoms with Crippen molar-refractivity contribution >= 4 is 19.9 Å². The lowest BCUT2D eigenvalue weighted by atomic mass is 10.0. The van der Waals surface area contributed by atoms with Gasteiger partial charge in [-0.2, -0.15) is 0 Å². The van der Waals surface area contributed by atoms with Gasteiger partial charge >= 0.3 is 8.25 Å². The predicted octanol–water partition coefficient (Wildman–Crippen LogP) is 5.84. The molecule has 0 aromatic heterocycles. The van der Waals surface area contributed by atoms with Crippen LogP contribution in [0.25, 0.3) is 0 Å². The highest BCUT2D eigenvalue weighted by Crippen LogP contribution is 2.23. The van der Waals surface area contributed by atoms with E-state index in [1.807, 2.05) is 12.1 Å². The first kappa shape index (κ1) is 25.0. The zero-order valence-electron chi connectivity index (χ0n) is 16.9. The first-order chi connectivity index (χ1) is 14.5. The highest BCUT2D eigenvalue weighted by atomic mass is 35.5. The molecule has 2 rings (SSSR count). The molecule has 30 heavy (non-hydrogen) atoms. The molecule has 1 unspecified atom stereocenters. The minimum absolute atomic E-state index is 0.188. The van der Waals surface area contributed by atoms with E-state index in [2.05, 4.69) is 9.84 Å². The third kappa shape index (κ3) is 9.67. The largest absolute Gasteiger partial charge is 0.326 e. The summed E-state index contributed by atoms with van der Waals surface area (Å²) in [6, 6.07) is 9.79. The molecule has 166 valence electrons. The molecule has 0 saturated heterocycles. The van der Waals surface area contributed by atoms with E-state index in [1.54, 1.807) is 6.07 Å². The van der Waals surface area contributed by atoms with E-state index in [1.165, 1.54) is 18.2 Å². The monoisotopic (exact) mass is 459 g/mol. The molecule has 0 aliphatic rings. The van der Waals surface area contributed by atoms with Gasteiger partial charge in [0.2, 0.25) is 0 Å². The van der Waals surface area contributed by atoms with Gasteiger partial charge in [0.05, 0.1) is 6.61 Å². The van der Waals surface area contributed by atoms with Gasteiger partial charge < -0.3 is 14.7 Å². The lowest BCUT2D eigenvalue weighted by Gasteiger charge is -2.10. The quantitative estimate of drug-likeness (QED) is 0.275. The Kier molecular flexibility index (Phi) is 11.6. The Hall–Kier alpha value is -1.30. The van der Waals surface area contributed by atoms with Crippen molar-refractivity contribution in [1.82, 2.24) is 5.32 Å². The van der Waals surface area contributed by atoms with Gasteiger partial charge in [-0.25, -0.2) is 8.78 Å². The molecule has 0 radical (unpaired) electrons. The number of rotatable bonds is 14. The molecule has 0 spiro atoms. The van der Waals surface area contributed by atoms with Gasteiger partial charge in [0.15, 0.2) is 0 Å². The maximum atomic E-state index is 14.3. The molecule has 8 heteroatoms. The SMILES string of the molecule is O=[PH](O)OCCCNCc1cc(Cl)c(CCCCCCc2ccc(F)cc2)cc1F. The van der Waals surface area contributed by atoms with Crippen LogP contribution in [0.5, 0.6) is 0 Å². The van der Waals surface area contributed by atoms with E-state index >= 15 is 0 Å². The number of halogens is 3. The summed E-state index contributed by atoms with van der Waals surface area (Å²) in [4.78, 5) is 8.57. The Morgan fingerprint density at radius 2 is 1.67 bits per heavy atom. The van der Waals surface area contributed by atoms with Crippen molar-refractivity contribution in [3.63, 3.8) is 0 Å². The molecule has 0 fully saturated rings. The second kappa shape index (κ2) is 13.9. The van der Waals surface area contributed by atoms with Gasteiger partial charge in [-0.05, 0) is 74.0 Å². The van der Waals surface area contributed by atoms with Gasteiger partial charge in [-0.3, -0.25) is 4.57 Å². The Labute approximate surface area is 182 Å². The highest BCUT2D eigenvalue weighted by Gasteiger charge is 2.09. The summed E-state index contributed by atoms with van der Waals surface area (Å²) in [6.45, 7) is 1.07. The summed E-state index contributed by atoms with van der Waals surface area (Å²) in [5.41, 5.74) is 2.46. The van der Waals surface area contributed by atoms with Crippen molar-refractivity contribution in [3.05, 3.63) is 69.7 Å². The molecule has 0 saturated carbocycles. The standard InChI is InChI=1S/C22H29ClF2NO3P/c23-21-14-19(16-26-12-5-13-29-30(27)28)22(25)15-18(21)7-4-2-1-3-6-17-8-10-20(24)11-9-17/h8-11,14-15,26,30H,1-7,12-13,16H2,(H,27,28). The average Bonchev–Trinajstić information content (AvgIpc) is 2.71. The van der Waals surface area contributed by atoms with E-state index in [-0.39, 0.29) is 18.2 Å². The second-order valence-electron chi connectivity index (χ2n) is 7.22. The molecule has 0 amide bonds. The number of nitrogens with one attached hydrogen (secondary N) is 1. The maximum absolute atomic E-state index is 14.3. The summed E-state index contributed by atoms with van der Waals surface area (Å²) in [5.74, 6) is -0.494. The minimum atomic E-state index is -2.89. The van der Waals surface area contributed by atoms with Crippen LogP contribution < -0.4 is 5.32 Å². The van der Waals surface area contributed by atoms with Crippen molar-refractivity contribution < 1.29 is 22.8 Å². The smallest absolute Gasteiger partial charge is 0.316 e. The lowest BCUT2D eigenvalue weighted by molar-refractivity contribution is 0.276. The van der Waals surface area contributed by atoms with Crippen LogP contribution in [0.3, 0.4) is 0 Å². The molecule has 0 aliphatic carbocycles. The van der Waals surface area contributed by atoms with E-state index < -0.39 is 8.25 Å². The fraction of sp³-hybridized carbons (Fsp3) is 0.455. The Morgan fingerprint density at radius 3 is 2.37 bits per heavy atom. The van der Waals surface area contributed by atoms with Crippen LogP contribution in [0.15, 0.2) is 36.4 Å². The molecule has 0 aliphatic heterocycles. The van der Waals surface area contributed by atoms with Gasteiger partial charge in [0.25, 0.3) is 0 Å². The third-order valence-electron chi connectivity index (χ3n) is 4.83. The number of aryl methyl sites for hydroxylation is 2. The minimum Gasteiger partial charge on any atom is -0.326 e. The van der Waals surface area contributed by atoms with Crippen LogP contribution in [-0.4, -0.2) is 18.0 Å². The summed E-state index contributed by atoms with van der Waals surface area (Å²) >= 11 is 6.33. The normalized spacial score (nSPS) is 12.3. The molecule has 0 bridgehead atoms. The van der Waals surface area contributed by atoms with E-state index in [0.29, 0.717) is 30.1 Å². The van der Waals surface area contributed by atoms with Crippen molar-refractivity contribution in [1.29, 1.82) is 0 Å². The third-order valence-corrected chi connectivity index (χ3v) is 5.63. The molecular weight excluding hydrogens is 431 g/mol. The predicted molar refractivity (Wildman–Crippen MR) is 117 cm³/mol. The van der Waals surface area contributed by atoms with Crippen molar-refractivity contribution in [2.45, 2.75) is 51.5 Å². The summed E-state index contributed by atoms with van der Waals surface area (Å²) < 4.78 is 42.3. The summed E-state index contributed by atoms with van der Waals surface area (Å²) in [7, 11) is -2.89. The van der Waals surface area contributed by atoms with Gasteiger partial charge in [0, 0.05) is 17.1 Å². The fourth-order valence-corrected chi connectivity index (χ4v) is 3.78.